The number of amides is 1. The molecule has 3 unspecified atom stereocenters. The van der Waals surface area contributed by atoms with Crippen LogP contribution in [0, 0.1) is 18.8 Å². The van der Waals surface area contributed by atoms with Gasteiger partial charge in [-0.05, 0) is 44.2 Å². The summed E-state index contributed by atoms with van der Waals surface area (Å²) < 4.78 is 0. The third-order valence-corrected chi connectivity index (χ3v) is 5.04. The molecule has 2 saturated heterocycles. The molecule has 0 aliphatic carbocycles. The number of aryl methyl sites for hydroxylation is 1. The lowest BCUT2D eigenvalue weighted by atomic mass is 9.85. The average molecular weight is 286 g/mol. The molecule has 2 heterocycles. The summed E-state index contributed by atoms with van der Waals surface area (Å²) in [6.45, 7) is 7.15. The van der Waals surface area contributed by atoms with Crippen LogP contribution in [-0.2, 0) is 4.79 Å². The van der Waals surface area contributed by atoms with Gasteiger partial charge in [-0.1, -0.05) is 36.8 Å². The maximum absolute atomic E-state index is 12.9. The van der Waals surface area contributed by atoms with E-state index in [-0.39, 0.29) is 12.0 Å². The highest BCUT2D eigenvalue weighted by atomic mass is 16.2. The van der Waals surface area contributed by atoms with Gasteiger partial charge in [0, 0.05) is 13.1 Å². The van der Waals surface area contributed by atoms with Crippen LogP contribution < -0.4 is 5.32 Å². The summed E-state index contributed by atoms with van der Waals surface area (Å²) in [6, 6.07) is 8.99. The Balaban J connectivity index is 1.85. The van der Waals surface area contributed by atoms with Crippen LogP contribution in [0.1, 0.15) is 43.4 Å². The molecule has 3 heteroatoms. The van der Waals surface area contributed by atoms with Crippen molar-refractivity contribution in [1.82, 2.24) is 10.2 Å². The number of likely N-dealkylation sites (tertiary alicyclic amines) is 1. The van der Waals surface area contributed by atoms with Crippen molar-refractivity contribution in [2.45, 2.75) is 39.2 Å². The van der Waals surface area contributed by atoms with E-state index in [0.29, 0.717) is 11.8 Å². The van der Waals surface area contributed by atoms with Crippen LogP contribution in [0.5, 0.6) is 0 Å². The molecule has 0 radical (unpaired) electrons. The first kappa shape index (κ1) is 14.6. The van der Waals surface area contributed by atoms with Crippen molar-refractivity contribution in [3.63, 3.8) is 0 Å². The van der Waals surface area contributed by atoms with Gasteiger partial charge in [-0.3, -0.25) is 4.79 Å². The van der Waals surface area contributed by atoms with Crippen LogP contribution in [0.25, 0.3) is 0 Å². The van der Waals surface area contributed by atoms with E-state index in [1.54, 1.807) is 0 Å². The summed E-state index contributed by atoms with van der Waals surface area (Å²) in [5, 5.41) is 3.32. The Morgan fingerprint density at radius 2 is 2.00 bits per heavy atom. The molecule has 0 saturated carbocycles. The molecule has 2 aliphatic rings. The van der Waals surface area contributed by atoms with Crippen molar-refractivity contribution in [3.8, 4) is 0 Å². The largest absolute Gasteiger partial charge is 0.335 e. The lowest BCUT2D eigenvalue weighted by molar-refractivity contribution is -0.140. The Morgan fingerprint density at radius 3 is 2.67 bits per heavy atom. The zero-order valence-corrected chi connectivity index (χ0v) is 13.1. The fourth-order valence-electron chi connectivity index (χ4n) is 3.81. The van der Waals surface area contributed by atoms with Crippen molar-refractivity contribution in [2.75, 3.05) is 19.6 Å². The summed E-state index contributed by atoms with van der Waals surface area (Å²) in [7, 11) is 0. The summed E-state index contributed by atoms with van der Waals surface area (Å²) in [6.07, 6.45) is 3.34. The summed E-state index contributed by atoms with van der Waals surface area (Å²) in [4.78, 5) is 15.0. The third kappa shape index (κ3) is 2.98. The normalized spacial score (nSPS) is 29.6. The molecular weight excluding hydrogens is 260 g/mol. The van der Waals surface area contributed by atoms with Gasteiger partial charge in [-0.15, -0.1) is 0 Å². The first-order valence-corrected chi connectivity index (χ1v) is 8.24. The minimum atomic E-state index is 0.184. The van der Waals surface area contributed by atoms with Gasteiger partial charge in [0.1, 0.15) is 0 Å². The SMILES string of the molecule is Cc1ccc(C2C(C)CCCN2C(=O)C2CCNC2)cc1. The van der Waals surface area contributed by atoms with Crippen LogP contribution >= 0.6 is 0 Å². The smallest absolute Gasteiger partial charge is 0.227 e. The van der Waals surface area contributed by atoms with Gasteiger partial charge in [-0.2, -0.15) is 0 Å². The van der Waals surface area contributed by atoms with E-state index in [4.69, 9.17) is 0 Å². The van der Waals surface area contributed by atoms with Gasteiger partial charge in [0.2, 0.25) is 5.91 Å². The Kier molecular flexibility index (Phi) is 4.29. The fraction of sp³-hybridized carbons (Fsp3) is 0.611. The Morgan fingerprint density at radius 1 is 1.24 bits per heavy atom. The number of nitrogens with zero attached hydrogens (tertiary/aromatic N) is 1. The molecule has 3 atom stereocenters. The van der Waals surface area contributed by atoms with E-state index in [2.05, 4.69) is 48.3 Å². The van der Waals surface area contributed by atoms with Crippen LogP contribution in [0.4, 0.5) is 0 Å². The highest BCUT2D eigenvalue weighted by molar-refractivity contribution is 5.80. The van der Waals surface area contributed by atoms with E-state index in [9.17, 15) is 4.79 Å². The fourth-order valence-corrected chi connectivity index (χ4v) is 3.81. The monoisotopic (exact) mass is 286 g/mol. The van der Waals surface area contributed by atoms with Gasteiger partial charge in [0.15, 0.2) is 0 Å². The number of carbonyl (C=O) groups excluding carboxylic acids is 1. The lowest BCUT2D eigenvalue weighted by Crippen LogP contribution is -2.45. The van der Waals surface area contributed by atoms with Crippen molar-refractivity contribution in [3.05, 3.63) is 35.4 Å². The van der Waals surface area contributed by atoms with Gasteiger partial charge < -0.3 is 10.2 Å². The van der Waals surface area contributed by atoms with Crippen LogP contribution in [-0.4, -0.2) is 30.4 Å². The summed E-state index contributed by atoms with van der Waals surface area (Å²) >= 11 is 0. The molecule has 2 fully saturated rings. The quantitative estimate of drug-likeness (QED) is 0.906. The van der Waals surface area contributed by atoms with Gasteiger partial charge in [0.05, 0.1) is 12.0 Å². The van der Waals surface area contributed by atoms with Crippen molar-refractivity contribution in [2.24, 2.45) is 11.8 Å². The van der Waals surface area contributed by atoms with Gasteiger partial charge in [0.25, 0.3) is 0 Å². The lowest BCUT2D eigenvalue weighted by Gasteiger charge is -2.41. The van der Waals surface area contributed by atoms with E-state index in [1.807, 2.05) is 0 Å². The number of benzene rings is 1. The molecule has 2 aliphatic heterocycles. The van der Waals surface area contributed by atoms with E-state index in [1.165, 1.54) is 17.5 Å². The molecule has 3 nitrogen and oxygen atoms in total. The number of hydrogen-bond acceptors (Lipinski definition) is 2. The predicted molar refractivity (Wildman–Crippen MR) is 85.0 cm³/mol. The maximum atomic E-state index is 12.9. The molecule has 21 heavy (non-hydrogen) atoms. The number of hydrogen-bond donors (Lipinski definition) is 1. The molecule has 1 amide bonds. The van der Waals surface area contributed by atoms with Crippen molar-refractivity contribution in [1.29, 1.82) is 0 Å². The third-order valence-electron chi connectivity index (χ3n) is 5.04. The Bertz CT molecular complexity index is 490. The Hall–Kier alpha value is -1.35. The molecule has 1 N–H and O–H groups in total. The molecule has 0 bridgehead atoms. The van der Waals surface area contributed by atoms with Crippen molar-refractivity contribution < 1.29 is 4.79 Å². The zero-order chi connectivity index (χ0) is 14.8. The molecule has 3 rings (SSSR count). The topological polar surface area (TPSA) is 32.3 Å². The maximum Gasteiger partial charge on any atom is 0.227 e. The minimum absolute atomic E-state index is 0.184. The highest BCUT2D eigenvalue weighted by Gasteiger charge is 2.36. The number of nitrogens with one attached hydrogen (secondary N) is 1. The van der Waals surface area contributed by atoms with Gasteiger partial charge >= 0.3 is 0 Å². The predicted octanol–water partition coefficient (Wildman–Crippen LogP) is 2.90. The van der Waals surface area contributed by atoms with E-state index in [0.717, 1.165) is 32.5 Å². The van der Waals surface area contributed by atoms with Crippen LogP contribution in [0.3, 0.4) is 0 Å². The number of carbonyl (C=O) groups is 1. The summed E-state index contributed by atoms with van der Waals surface area (Å²) in [5.41, 5.74) is 2.58. The Labute approximate surface area is 127 Å². The van der Waals surface area contributed by atoms with E-state index < -0.39 is 0 Å². The van der Waals surface area contributed by atoms with Crippen LogP contribution in [0.2, 0.25) is 0 Å². The molecular formula is C18H26N2O. The second-order valence-corrected chi connectivity index (χ2v) is 6.70. The van der Waals surface area contributed by atoms with E-state index >= 15 is 0 Å². The minimum Gasteiger partial charge on any atom is -0.335 e. The van der Waals surface area contributed by atoms with Gasteiger partial charge in [-0.25, -0.2) is 0 Å². The molecule has 1 aromatic rings. The standard InChI is InChI=1S/C18H26N2O/c1-13-5-7-15(8-6-13)17-14(2)4-3-11-20(17)18(21)16-9-10-19-12-16/h5-8,14,16-17,19H,3-4,9-12H2,1-2H3. The molecule has 1 aromatic carbocycles. The number of rotatable bonds is 2. The summed E-state index contributed by atoms with van der Waals surface area (Å²) in [5.74, 6) is 1.08. The first-order chi connectivity index (χ1) is 10.2. The van der Waals surface area contributed by atoms with Crippen molar-refractivity contribution >= 4 is 5.91 Å². The molecule has 0 aromatic heterocycles. The second kappa shape index (κ2) is 6.18. The van der Waals surface area contributed by atoms with Crippen LogP contribution in [0.15, 0.2) is 24.3 Å². The number of piperidine rings is 1. The molecule has 0 spiro atoms. The molecule has 114 valence electrons. The first-order valence-electron chi connectivity index (χ1n) is 8.24. The highest BCUT2D eigenvalue weighted by Crippen LogP contribution is 2.37. The second-order valence-electron chi connectivity index (χ2n) is 6.70. The zero-order valence-electron chi connectivity index (χ0n) is 13.1. The average Bonchev–Trinajstić information content (AvgIpc) is 3.02.